The van der Waals surface area contributed by atoms with Gasteiger partial charge in [-0.2, -0.15) is 5.10 Å². The van der Waals surface area contributed by atoms with Gasteiger partial charge in [-0.25, -0.2) is 13.8 Å². The summed E-state index contributed by atoms with van der Waals surface area (Å²) >= 11 is 11.8. The molecule has 1 amide bonds. The minimum Gasteiger partial charge on any atom is -0.279 e. The molecule has 0 aliphatic heterocycles. The van der Waals surface area contributed by atoms with Crippen LogP contribution in [0.1, 0.15) is 15.9 Å². The summed E-state index contributed by atoms with van der Waals surface area (Å²) in [7, 11) is -3.98. The van der Waals surface area contributed by atoms with Gasteiger partial charge in [-0.05, 0) is 42.5 Å². The zero-order valence-corrected chi connectivity index (χ0v) is 18.4. The highest BCUT2D eigenvalue weighted by atomic mass is 35.5. The van der Waals surface area contributed by atoms with Crippen LogP contribution in [0.25, 0.3) is 0 Å². The predicted octanol–water partition coefficient (Wildman–Crippen LogP) is 4.47. The second-order valence-electron chi connectivity index (χ2n) is 6.27. The quantitative estimate of drug-likeness (QED) is 0.285. The summed E-state index contributed by atoms with van der Waals surface area (Å²) in [5, 5.41) is 15.2. The third-order valence-electron chi connectivity index (χ3n) is 4.10. The Labute approximate surface area is 192 Å². The number of sulfonamides is 1. The molecule has 0 saturated heterocycles. The zero-order valence-electron chi connectivity index (χ0n) is 16.0. The van der Waals surface area contributed by atoms with Gasteiger partial charge in [0, 0.05) is 27.7 Å². The van der Waals surface area contributed by atoms with Gasteiger partial charge in [-0.3, -0.25) is 19.6 Å². The Bertz CT molecular complexity index is 1310. The van der Waals surface area contributed by atoms with Gasteiger partial charge in [-0.1, -0.05) is 35.3 Å². The van der Waals surface area contributed by atoms with Gasteiger partial charge in [-0.15, -0.1) is 0 Å². The van der Waals surface area contributed by atoms with E-state index in [2.05, 4.69) is 15.2 Å². The molecular weight excluding hydrogens is 479 g/mol. The lowest BCUT2D eigenvalue weighted by Gasteiger charge is -2.11. The van der Waals surface area contributed by atoms with Gasteiger partial charge in [0.2, 0.25) is 0 Å². The van der Waals surface area contributed by atoms with Gasteiger partial charge >= 0.3 is 0 Å². The Morgan fingerprint density at radius 2 is 1.72 bits per heavy atom. The molecule has 164 valence electrons. The first-order chi connectivity index (χ1) is 15.2. The molecule has 0 saturated carbocycles. The van der Waals surface area contributed by atoms with Crippen LogP contribution in [0.3, 0.4) is 0 Å². The summed E-state index contributed by atoms with van der Waals surface area (Å²) in [6.07, 6.45) is 1.15. The van der Waals surface area contributed by atoms with E-state index < -0.39 is 20.9 Å². The maximum atomic E-state index is 12.6. The van der Waals surface area contributed by atoms with Gasteiger partial charge in [0.15, 0.2) is 0 Å². The van der Waals surface area contributed by atoms with Gasteiger partial charge < -0.3 is 0 Å². The maximum absolute atomic E-state index is 12.6. The number of hydrazone groups is 1. The largest absolute Gasteiger partial charge is 0.279 e. The molecule has 2 N–H and O–H groups in total. The van der Waals surface area contributed by atoms with Crippen LogP contribution in [0.15, 0.2) is 76.7 Å². The molecule has 0 aliphatic rings. The number of nitrogens with zero attached hydrogens (tertiary/aromatic N) is 2. The average Bonchev–Trinajstić information content (AvgIpc) is 2.75. The predicted molar refractivity (Wildman–Crippen MR) is 122 cm³/mol. The van der Waals surface area contributed by atoms with E-state index in [1.165, 1.54) is 54.6 Å². The first-order valence-electron chi connectivity index (χ1n) is 8.82. The number of amides is 1. The zero-order chi connectivity index (χ0) is 23.3. The lowest BCUT2D eigenvalue weighted by Crippen LogP contribution is -2.21. The monoisotopic (exact) mass is 492 g/mol. The number of carbonyl (C=O) groups is 1. The molecule has 3 aromatic carbocycles. The smallest absolute Gasteiger partial charge is 0.273 e. The first kappa shape index (κ1) is 23.2. The number of nitro groups is 1. The molecular formula is C20H14Cl2N4O5S. The summed E-state index contributed by atoms with van der Waals surface area (Å²) in [4.78, 5) is 22.8. The van der Waals surface area contributed by atoms with E-state index in [9.17, 15) is 23.3 Å². The van der Waals surface area contributed by atoms with E-state index in [-0.39, 0.29) is 32.4 Å². The number of rotatable bonds is 7. The second-order valence-corrected chi connectivity index (χ2v) is 8.79. The SMILES string of the molecule is O=C(N/N=C\c1cc([N+](=O)[O-])ccc1Cl)c1ccccc1NS(=O)(=O)c1ccc(Cl)cc1. The van der Waals surface area contributed by atoms with E-state index >= 15 is 0 Å². The van der Waals surface area contributed by atoms with Gasteiger partial charge in [0.25, 0.3) is 21.6 Å². The third-order valence-corrected chi connectivity index (χ3v) is 6.08. The number of hydrogen-bond donors (Lipinski definition) is 2. The van der Waals surface area contributed by atoms with Crippen molar-refractivity contribution in [2.75, 3.05) is 4.72 Å². The van der Waals surface area contributed by atoms with Crippen molar-refractivity contribution in [1.82, 2.24) is 5.43 Å². The Morgan fingerprint density at radius 3 is 2.41 bits per heavy atom. The van der Waals surface area contributed by atoms with E-state index in [4.69, 9.17) is 23.2 Å². The number of halogens is 2. The molecule has 3 rings (SSSR count). The molecule has 0 radical (unpaired) electrons. The molecule has 0 aromatic heterocycles. The fourth-order valence-corrected chi connectivity index (χ4v) is 3.92. The highest BCUT2D eigenvalue weighted by Crippen LogP contribution is 2.22. The van der Waals surface area contributed by atoms with Crippen molar-refractivity contribution >= 4 is 56.7 Å². The minimum absolute atomic E-state index is 0.00678. The highest BCUT2D eigenvalue weighted by Gasteiger charge is 2.18. The van der Waals surface area contributed by atoms with Crippen molar-refractivity contribution in [3.63, 3.8) is 0 Å². The Balaban J connectivity index is 1.79. The van der Waals surface area contributed by atoms with Crippen molar-refractivity contribution in [3.05, 3.63) is 98.0 Å². The van der Waals surface area contributed by atoms with Crippen LogP contribution in [0, 0.1) is 10.1 Å². The molecule has 0 fully saturated rings. The number of nitro benzene ring substituents is 1. The number of hydrogen-bond acceptors (Lipinski definition) is 6. The standard InChI is InChI=1S/C20H14Cl2N4O5S/c21-14-5-8-16(9-6-14)32(30,31)25-19-4-2-1-3-17(19)20(27)24-23-12-13-11-15(26(28)29)7-10-18(13)22/h1-12,25H,(H,24,27)/b23-12-. The van der Waals surface area contributed by atoms with Crippen LogP contribution in [0.2, 0.25) is 10.0 Å². The molecule has 0 bridgehead atoms. The van der Waals surface area contributed by atoms with E-state index in [0.717, 1.165) is 6.21 Å². The fraction of sp³-hybridized carbons (Fsp3) is 0. The number of para-hydroxylation sites is 1. The van der Waals surface area contributed by atoms with Crippen LogP contribution in [0.4, 0.5) is 11.4 Å². The van der Waals surface area contributed by atoms with E-state index in [0.29, 0.717) is 5.02 Å². The molecule has 32 heavy (non-hydrogen) atoms. The molecule has 0 heterocycles. The summed E-state index contributed by atoms with van der Waals surface area (Å²) in [5.41, 5.74) is 2.31. The number of anilines is 1. The lowest BCUT2D eigenvalue weighted by atomic mass is 10.2. The summed E-state index contributed by atoms with van der Waals surface area (Å²) in [6.45, 7) is 0. The van der Waals surface area contributed by atoms with Crippen molar-refractivity contribution in [2.45, 2.75) is 4.90 Å². The van der Waals surface area contributed by atoms with Crippen LogP contribution in [-0.2, 0) is 10.0 Å². The van der Waals surface area contributed by atoms with Crippen LogP contribution in [0.5, 0.6) is 0 Å². The number of benzene rings is 3. The maximum Gasteiger partial charge on any atom is 0.273 e. The Morgan fingerprint density at radius 1 is 1.03 bits per heavy atom. The molecule has 12 heteroatoms. The molecule has 0 atom stereocenters. The molecule has 0 unspecified atom stereocenters. The van der Waals surface area contributed by atoms with Crippen LogP contribution >= 0.6 is 23.2 Å². The summed E-state index contributed by atoms with van der Waals surface area (Å²) < 4.78 is 27.6. The van der Waals surface area contributed by atoms with Crippen molar-refractivity contribution < 1.29 is 18.1 Å². The lowest BCUT2D eigenvalue weighted by molar-refractivity contribution is -0.384. The molecule has 9 nitrogen and oxygen atoms in total. The van der Waals surface area contributed by atoms with Gasteiger partial charge in [0.1, 0.15) is 0 Å². The van der Waals surface area contributed by atoms with Crippen LogP contribution < -0.4 is 10.1 Å². The van der Waals surface area contributed by atoms with Crippen molar-refractivity contribution in [2.24, 2.45) is 5.10 Å². The molecule has 3 aromatic rings. The highest BCUT2D eigenvalue weighted by molar-refractivity contribution is 7.92. The number of nitrogens with one attached hydrogen (secondary N) is 2. The average molecular weight is 493 g/mol. The van der Waals surface area contributed by atoms with E-state index in [1.807, 2.05) is 0 Å². The second kappa shape index (κ2) is 9.77. The fourth-order valence-electron chi connectivity index (χ4n) is 2.55. The van der Waals surface area contributed by atoms with E-state index in [1.54, 1.807) is 12.1 Å². The number of carbonyl (C=O) groups excluding carboxylic acids is 1. The molecule has 0 spiro atoms. The normalized spacial score (nSPS) is 11.3. The van der Waals surface area contributed by atoms with Gasteiger partial charge in [0.05, 0.1) is 27.3 Å². The summed E-state index contributed by atoms with van der Waals surface area (Å²) in [6, 6.07) is 15.2. The summed E-state index contributed by atoms with van der Waals surface area (Å²) in [5.74, 6) is -0.711. The minimum atomic E-state index is -3.98. The Kier molecular flexibility index (Phi) is 7.08. The first-order valence-corrected chi connectivity index (χ1v) is 11.1. The molecule has 0 aliphatic carbocycles. The topological polar surface area (TPSA) is 131 Å². The Hall–Kier alpha value is -3.47. The van der Waals surface area contributed by atoms with Crippen molar-refractivity contribution in [1.29, 1.82) is 0 Å². The number of non-ortho nitro benzene ring substituents is 1. The van der Waals surface area contributed by atoms with Crippen LogP contribution in [-0.4, -0.2) is 25.5 Å². The third kappa shape index (κ3) is 5.61. The van der Waals surface area contributed by atoms with Crippen molar-refractivity contribution in [3.8, 4) is 0 Å².